The number of para-hydroxylation sites is 1. The number of benzene rings is 1. The molecule has 24 heavy (non-hydrogen) atoms. The van der Waals surface area contributed by atoms with Crippen LogP contribution in [0.3, 0.4) is 0 Å². The molecular weight excluding hydrogens is 302 g/mol. The van der Waals surface area contributed by atoms with Gasteiger partial charge in [0, 0.05) is 5.54 Å². The highest BCUT2D eigenvalue weighted by Crippen LogP contribution is 2.49. The molecule has 134 valence electrons. The second-order valence-corrected chi connectivity index (χ2v) is 7.37. The number of nitrogens with zero attached hydrogens (tertiary/aromatic N) is 1. The molecule has 4 nitrogen and oxygen atoms in total. The highest BCUT2D eigenvalue weighted by atomic mass is 16.5. The van der Waals surface area contributed by atoms with Gasteiger partial charge in [-0.2, -0.15) is 0 Å². The molecule has 0 bridgehead atoms. The molecule has 0 amide bonds. The summed E-state index contributed by atoms with van der Waals surface area (Å²) < 4.78 is 10.8. The molecule has 0 saturated carbocycles. The fourth-order valence-electron chi connectivity index (χ4n) is 4.08. The van der Waals surface area contributed by atoms with Gasteiger partial charge in [-0.1, -0.05) is 38.8 Å². The Bertz CT molecular complexity index is 582. The summed E-state index contributed by atoms with van der Waals surface area (Å²) in [6.07, 6.45) is 3.83. The standard InChI is InChI=1S/C20H31NO3/c1-7-8-11-16(19(22)24-6)21-18-15(10-9-12-17(18)23-5)14(2)13-20(21,3)4/h9-10,12,14,16H,7-8,11,13H2,1-6H3. The van der Waals surface area contributed by atoms with Crippen molar-refractivity contribution < 1.29 is 14.3 Å². The highest BCUT2D eigenvalue weighted by molar-refractivity contribution is 5.83. The van der Waals surface area contributed by atoms with E-state index in [1.807, 2.05) is 12.1 Å². The van der Waals surface area contributed by atoms with Crippen LogP contribution in [0.5, 0.6) is 5.75 Å². The van der Waals surface area contributed by atoms with E-state index in [4.69, 9.17) is 9.47 Å². The maximum absolute atomic E-state index is 12.6. The average Bonchev–Trinajstić information content (AvgIpc) is 2.55. The quantitative estimate of drug-likeness (QED) is 0.718. The summed E-state index contributed by atoms with van der Waals surface area (Å²) in [5.41, 5.74) is 2.16. The second-order valence-electron chi connectivity index (χ2n) is 7.37. The molecule has 2 unspecified atom stereocenters. The summed E-state index contributed by atoms with van der Waals surface area (Å²) in [5, 5.41) is 0. The van der Waals surface area contributed by atoms with Crippen molar-refractivity contribution in [3.63, 3.8) is 0 Å². The number of fused-ring (bicyclic) bond motifs is 1. The first-order valence-corrected chi connectivity index (χ1v) is 8.91. The molecule has 1 aliphatic rings. The average molecular weight is 333 g/mol. The van der Waals surface area contributed by atoms with Crippen LogP contribution in [-0.2, 0) is 9.53 Å². The lowest BCUT2D eigenvalue weighted by molar-refractivity contribution is -0.142. The molecule has 0 N–H and O–H groups in total. The summed E-state index contributed by atoms with van der Waals surface area (Å²) in [6.45, 7) is 8.81. The van der Waals surface area contributed by atoms with Crippen LogP contribution in [-0.4, -0.2) is 31.8 Å². The molecule has 0 fully saturated rings. The number of hydrogen-bond acceptors (Lipinski definition) is 4. The fourth-order valence-corrected chi connectivity index (χ4v) is 4.08. The third-order valence-corrected chi connectivity index (χ3v) is 5.10. The van der Waals surface area contributed by atoms with Crippen LogP contribution in [0.2, 0.25) is 0 Å². The van der Waals surface area contributed by atoms with Gasteiger partial charge in [0.15, 0.2) is 0 Å². The van der Waals surface area contributed by atoms with E-state index in [0.29, 0.717) is 5.92 Å². The van der Waals surface area contributed by atoms with Gasteiger partial charge >= 0.3 is 5.97 Å². The summed E-state index contributed by atoms with van der Waals surface area (Å²) in [7, 11) is 3.17. The zero-order valence-corrected chi connectivity index (χ0v) is 15.9. The minimum atomic E-state index is -0.285. The predicted octanol–water partition coefficient (Wildman–Crippen LogP) is 4.52. The van der Waals surface area contributed by atoms with Crippen molar-refractivity contribution >= 4 is 11.7 Å². The van der Waals surface area contributed by atoms with Crippen molar-refractivity contribution in [1.29, 1.82) is 0 Å². The minimum Gasteiger partial charge on any atom is -0.495 e. The van der Waals surface area contributed by atoms with Crippen molar-refractivity contribution in [2.75, 3.05) is 19.1 Å². The number of methoxy groups -OCH3 is 2. The molecule has 1 aliphatic heterocycles. The lowest BCUT2D eigenvalue weighted by atomic mass is 9.78. The minimum absolute atomic E-state index is 0.145. The molecule has 0 saturated heterocycles. The Balaban J connectivity index is 2.60. The van der Waals surface area contributed by atoms with E-state index < -0.39 is 0 Å². The maximum Gasteiger partial charge on any atom is 0.328 e. The number of hydrogen-bond donors (Lipinski definition) is 0. The normalized spacial score (nSPS) is 20.2. The van der Waals surface area contributed by atoms with Gasteiger partial charge in [-0.05, 0) is 44.2 Å². The van der Waals surface area contributed by atoms with E-state index in [-0.39, 0.29) is 17.6 Å². The number of unbranched alkanes of at least 4 members (excludes halogenated alkanes) is 1. The van der Waals surface area contributed by atoms with E-state index in [1.54, 1.807) is 7.11 Å². The van der Waals surface area contributed by atoms with Gasteiger partial charge in [-0.3, -0.25) is 0 Å². The third-order valence-electron chi connectivity index (χ3n) is 5.10. The number of ether oxygens (including phenoxy) is 2. The van der Waals surface area contributed by atoms with Crippen LogP contribution in [0.4, 0.5) is 5.69 Å². The van der Waals surface area contributed by atoms with Crippen molar-refractivity contribution in [3.05, 3.63) is 23.8 Å². The topological polar surface area (TPSA) is 38.8 Å². The van der Waals surface area contributed by atoms with Crippen LogP contribution in [0.25, 0.3) is 0 Å². The largest absolute Gasteiger partial charge is 0.495 e. The fraction of sp³-hybridized carbons (Fsp3) is 0.650. The zero-order chi connectivity index (χ0) is 17.9. The number of rotatable bonds is 6. The Hall–Kier alpha value is -1.71. The number of anilines is 1. The van der Waals surface area contributed by atoms with E-state index in [2.05, 4.69) is 38.7 Å². The van der Waals surface area contributed by atoms with Gasteiger partial charge in [0.25, 0.3) is 0 Å². The summed E-state index contributed by atoms with van der Waals surface area (Å²) in [6, 6.07) is 5.88. The maximum atomic E-state index is 12.6. The Labute approximate surface area is 146 Å². The molecular formula is C20H31NO3. The molecule has 4 heteroatoms. The molecule has 0 radical (unpaired) electrons. The lowest BCUT2D eigenvalue weighted by Crippen LogP contribution is -2.56. The van der Waals surface area contributed by atoms with E-state index in [1.165, 1.54) is 12.7 Å². The second kappa shape index (κ2) is 7.45. The third kappa shape index (κ3) is 3.38. The first-order valence-electron chi connectivity index (χ1n) is 8.91. The van der Waals surface area contributed by atoms with Crippen molar-refractivity contribution in [2.45, 2.75) is 70.9 Å². The Morgan fingerprint density at radius 3 is 2.67 bits per heavy atom. The SMILES string of the molecule is CCCCC(C(=O)OC)N1c2c(OC)cccc2C(C)CC1(C)C. The van der Waals surface area contributed by atoms with Gasteiger partial charge in [0.2, 0.25) is 0 Å². The molecule has 2 rings (SSSR count). The summed E-state index contributed by atoms with van der Waals surface area (Å²) in [5.74, 6) is 1.09. The van der Waals surface area contributed by atoms with Crippen molar-refractivity contribution in [2.24, 2.45) is 0 Å². The molecule has 0 spiro atoms. The van der Waals surface area contributed by atoms with Crippen LogP contribution in [0, 0.1) is 0 Å². The van der Waals surface area contributed by atoms with Crippen molar-refractivity contribution in [3.8, 4) is 5.75 Å². The van der Waals surface area contributed by atoms with Crippen LogP contribution >= 0.6 is 0 Å². The summed E-state index contributed by atoms with van der Waals surface area (Å²) in [4.78, 5) is 14.8. The number of carbonyl (C=O) groups is 1. The number of esters is 1. The highest BCUT2D eigenvalue weighted by Gasteiger charge is 2.44. The van der Waals surface area contributed by atoms with Crippen LogP contribution in [0.15, 0.2) is 18.2 Å². The predicted molar refractivity (Wildman–Crippen MR) is 97.9 cm³/mol. The monoisotopic (exact) mass is 333 g/mol. The first-order chi connectivity index (χ1) is 11.4. The van der Waals surface area contributed by atoms with Crippen LogP contribution < -0.4 is 9.64 Å². The van der Waals surface area contributed by atoms with Gasteiger partial charge < -0.3 is 14.4 Å². The van der Waals surface area contributed by atoms with Gasteiger partial charge in [-0.25, -0.2) is 4.79 Å². The molecule has 2 atom stereocenters. The van der Waals surface area contributed by atoms with Crippen molar-refractivity contribution in [1.82, 2.24) is 0 Å². The van der Waals surface area contributed by atoms with E-state index >= 15 is 0 Å². The van der Waals surface area contributed by atoms with Crippen LogP contribution in [0.1, 0.15) is 64.9 Å². The molecule has 1 heterocycles. The van der Waals surface area contributed by atoms with E-state index in [9.17, 15) is 4.79 Å². The van der Waals surface area contributed by atoms with Gasteiger partial charge in [0.1, 0.15) is 11.8 Å². The van der Waals surface area contributed by atoms with Gasteiger partial charge in [0.05, 0.1) is 19.9 Å². The molecule has 0 aliphatic carbocycles. The lowest BCUT2D eigenvalue weighted by Gasteiger charge is -2.50. The zero-order valence-electron chi connectivity index (χ0n) is 15.9. The Morgan fingerprint density at radius 2 is 2.08 bits per heavy atom. The first kappa shape index (κ1) is 18.6. The molecule has 1 aromatic carbocycles. The van der Waals surface area contributed by atoms with Gasteiger partial charge in [-0.15, -0.1) is 0 Å². The summed E-state index contributed by atoms with van der Waals surface area (Å²) >= 11 is 0. The smallest absolute Gasteiger partial charge is 0.328 e. The molecule has 1 aromatic rings. The molecule has 0 aromatic heterocycles. The number of carbonyl (C=O) groups excluding carboxylic acids is 1. The Kier molecular flexibility index (Phi) is 5.79. The Morgan fingerprint density at radius 1 is 1.38 bits per heavy atom. The van der Waals surface area contributed by atoms with E-state index in [0.717, 1.165) is 37.1 Å².